The van der Waals surface area contributed by atoms with Gasteiger partial charge in [0.15, 0.2) is 0 Å². The molecule has 0 saturated carbocycles. The Morgan fingerprint density at radius 1 is 1.62 bits per heavy atom. The van der Waals surface area contributed by atoms with Crippen LogP contribution in [-0.2, 0) is 4.79 Å². The van der Waals surface area contributed by atoms with Crippen molar-refractivity contribution in [3.05, 3.63) is 0 Å². The summed E-state index contributed by atoms with van der Waals surface area (Å²) in [5.41, 5.74) is 0. The van der Waals surface area contributed by atoms with E-state index in [1.165, 1.54) is 0 Å². The minimum absolute atomic E-state index is 0.127. The molecule has 0 aliphatic heterocycles. The molecule has 0 unspecified atom stereocenters. The van der Waals surface area contributed by atoms with E-state index in [1.54, 1.807) is 0 Å². The molecule has 0 fully saturated rings. The summed E-state index contributed by atoms with van der Waals surface area (Å²) in [6.07, 6.45) is 0.127. The Morgan fingerprint density at radius 2 is 2.12 bits per heavy atom. The Labute approximate surface area is 61.9 Å². The molecule has 0 spiro atoms. The van der Waals surface area contributed by atoms with Gasteiger partial charge in [-0.2, -0.15) is 0 Å². The fourth-order valence-corrected chi connectivity index (χ4v) is 2.62. The van der Waals surface area contributed by atoms with Crippen LogP contribution in [0.4, 0.5) is 0 Å². The number of aliphatic carboxylic acids is 1. The quantitative estimate of drug-likeness (QED) is 0.782. The van der Waals surface area contributed by atoms with Crippen molar-refractivity contribution in [2.45, 2.75) is 10.9 Å². The molecule has 0 bridgehead atoms. The molecule has 0 saturated heterocycles. The Hall–Kier alpha value is 0.849. The van der Waals surface area contributed by atoms with Crippen molar-refractivity contribution in [2.75, 3.05) is 0 Å². The van der Waals surface area contributed by atoms with Crippen molar-refractivity contribution in [1.29, 1.82) is 0 Å². The van der Waals surface area contributed by atoms with Gasteiger partial charge < -0.3 is 0 Å². The maximum absolute atomic E-state index is 9.82. The van der Waals surface area contributed by atoms with Crippen LogP contribution in [0.1, 0.15) is 6.42 Å². The summed E-state index contributed by atoms with van der Waals surface area (Å²) in [5.74, 6) is -0.815. The third-order valence-corrected chi connectivity index (χ3v) is 4.86. The zero-order valence-corrected chi connectivity index (χ0v) is 8.39. The summed E-state index contributed by atoms with van der Waals surface area (Å²) in [6.45, 7) is 0. The van der Waals surface area contributed by atoms with Crippen LogP contribution in [-0.4, -0.2) is 28.6 Å². The summed E-state index contributed by atoms with van der Waals surface area (Å²) in [4.78, 5) is 9.82. The fourth-order valence-electron chi connectivity index (χ4n) is 0.201. The fraction of sp³-hybridized carbons (Fsp3) is 0.667. The molecule has 2 nitrogen and oxygen atoms in total. The van der Waals surface area contributed by atoms with Crippen LogP contribution in [0, 0.1) is 0 Å². The van der Waals surface area contributed by atoms with Gasteiger partial charge in [0.05, 0.1) is 0 Å². The Morgan fingerprint density at radius 3 is 2.25 bits per heavy atom. The van der Waals surface area contributed by atoms with Crippen molar-refractivity contribution < 1.29 is 9.90 Å². The zero-order valence-electron chi connectivity index (χ0n) is 4.03. The second-order valence-electron chi connectivity index (χ2n) is 1.23. The summed E-state index contributed by atoms with van der Waals surface area (Å²) in [5, 5.41) is 8.08. The summed E-state index contributed by atoms with van der Waals surface area (Å²) in [7, 11) is 10.8. The first-order chi connectivity index (χ1) is 3.63. The van der Waals surface area contributed by atoms with Crippen LogP contribution in [0.3, 0.4) is 0 Å². The normalized spacial score (nSPS) is 9.88. The van der Waals surface area contributed by atoms with E-state index in [-0.39, 0.29) is 6.42 Å². The van der Waals surface area contributed by atoms with Crippen LogP contribution in [0.15, 0.2) is 0 Å². The molecule has 0 atom stereocenters. The summed E-state index contributed by atoms with van der Waals surface area (Å²) < 4.78 is 0.515. The molecule has 0 aliphatic rings. The van der Waals surface area contributed by atoms with Crippen molar-refractivity contribution in [3.8, 4) is 0 Å². The van der Waals surface area contributed by atoms with Gasteiger partial charge in [-0.3, -0.25) is 0 Å². The van der Waals surface area contributed by atoms with Gasteiger partial charge in [-0.25, -0.2) is 0 Å². The van der Waals surface area contributed by atoms with Gasteiger partial charge in [0, 0.05) is 0 Å². The first-order valence-electron chi connectivity index (χ1n) is 2.01. The summed E-state index contributed by atoms with van der Waals surface area (Å²) >= 11 is -2.13. The van der Waals surface area contributed by atoms with Gasteiger partial charge >= 0.3 is 62.1 Å². The average molecular weight is 263 g/mol. The summed E-state index contributed by atoms with van der Waals surface area (Å²) in [6, 6.07) is 0. The Bertz CT molecular complexity index is 85.4. The third-order valence-electron chi connectivity index (χ3n) is 0.528. The van der Waals surface area contributed by atoms with Crippen molar-refractivity contribution >= 4 is 41.3 Å². The molecule has 0 aromatic heterocycles. The average Bonchev–Trinajstić information content (AvgIpc) is 1.61. The molecule has 1 N–H and O–H groups in total. The van der Waals surface area contributed by atoms with Crippen LogP contribution < -0.4 is 0 Å². The van der Waals surface area contributed by atoms with Crippen LogP contribution in [0.5, 0.6) is 0 Å². The predicted molar refractivity (Wildman–Crippen MR) is 34.5 cm³/mol. The monoisotopic (exact) mass is 263 g/mol. The van der Waals surface area contributed by atoms with E-state index in [4.69, 9.17) is 22.9 Å². The van der Waals surface area contributed by atoms with Crippen LogP contribution in [0.25, 0.3) is 0 Å². The molecule has 0 aliphatic carbocycles. The molecule has 8 heavy (non-hydrogen) atoms. The van der Waals surface area contributed by atoms with E-state index in [9.17, 15) is 4.79 Å². The molecule has 0 rings (SSSR count). The van der Waals surface area contributed by atoms with E-state index in [1.807, 2.05) is 0 Å². The van der Waals surface area contributed by atoms with Crippen molar-refractivity contribution in [2.24, 2.45) is 0 Å². The minimum atomic E-state index is -2.13. The first kappa shape index (κ1) is 8.85. The molecule has 0 aromatic rings. The predicted octanol–water partition coefficient (Wildman–Crippen LogP) is 1.43. The van der Waals surface area contributed by atoms with Gasteiger partial charge in [-0.15, -0.1) is 0 Å². The number of hydrogen-bond acceptors (Lipinski definition) is 1. The van der Waals surface area contributed by atoms with E-state index in [0.29, 0.717) is 4.44 Å². The molecule has 0 aromatic carbocycles. The van der Waals surface area contributed by atoms with Crippen LogP contribution >= 0.6 is 17.8 Å². The number of hydrogen-bond donors (Lipinski definition) is 1. The van der Waals surface area contributed by atoms with Gasteiger partial charge in [0.1, 0.15) is 0 Å². The van der Waals surface area contributed by atoms with E-state index in [0.717, 1.165) is 0 Å². The zero-order chi connectivity index (χ0) is 6.57. The van der Waals surface area contributed by atoms with Gasteiger partial charge in [-0.05, 0) is 0 Å². The molecule has 5 heteroatoms. The number of carboxylic acids is 1. The third kappa shape index (κ3) is 6.85. The molecule has 0 amide bonds. The van der Waals surface area contributed by atoms with Crippen molar-refractivity contribution in [1.82, 2.24) is 0 Å². The second-order valence-corrected chi connectivity index (χ2v) is 12.0. The van der Waals surface area contributed by atoms with Crippen LogP contribution in [0.2, 0.25) is 4.44 Å². The SMILES string of the molecule is O=C(O)C[CH2][Sn]([Cl])[Cl]. The van der Waals surface area contributed by atoms with E-state index in [2.05, 4.69) is 0 Å². The molecule has 1 radical (unpaired) electrons. The molecular formula is C3H5Cl2O2Sn. The maximum atomic E-state index is 9.82. The Balaban J connectivity index is 3.05. The van der Waals surface area contributed by atoms with E-state index < -0.39 is 23.5 Å². The number of carboxylic acid groups (broad SMARTS) is 1. The Kier molecular flexibility index (Phi) is 5.20. The topological polar surface area (TPSA) is 37.3 Å². The number of carbonyl (C=O) groups is 1. The van der Waals surface area contributed by atoms with E-state index >= 15 is 0 Å². The molecule has 0 heterocycles. The molecule has 47 valence electrons. The van der Waals surface area contributed by atoms with Crippen molar-refractivity contribution in [3.63, 3.8) is 0 Å². The molecular weight excluding hydrogens is 258 g/mol. The number of rotatable bonds is 3. The van der Waals surface area contributed by atoms with Gasteiger partial charge in [0.25, 0.3) is 0 Å². The second kappa shape index (κ2) is 4.70. The standard InChI is InChI=1S/C3H5O2.2ClH.Sn/c1-2-3(4)5;;;/h1-2H2,(H,4,5);2*1H;/q;;;+2/p-2. The van der Waals surface area contributed by atoms with Gasteiger partial charge in [0.2, 0.25) is 0 Å². The van der Waals surface area contributed by atoms with Gasteiger partial charge in [-0.1, -0.05) is 0 Å². The number of halogens is 2. The first-order valence-corrected chi connectivity index (χ1v) is 11.3.